The molecule has 0 saturated carbocycles. The maximum absolute atomic E-state index is 12.4. The smallest absolute Gasteiger partial charge is 0.236 e. The molecule has 1 aromatic carbocycles. The number of thioether (sulfide) groups is 1. The summed E-state index contributed by atoms with van der Waals surface area (Å²) in [5.41, 5.74) is 4.56. The van der Waals surface area contributed by atoms with Crippen molar-refractivity contribution < 1.29 is 4.79 Å². The van der Waals surface area contributed by atoms with Crippen LogP contribution in [0.15, 0.2) is 54.1 Å². The molecule has 0 unspecified atom stereocenters. The third kappa shape index (κ3) is 4.62. The van der Waals surface area contributed by atoms with Crippen molar-refractivity contribution in [2.75, 3.05) is 29.1 Å². The molecule has 6 nitrogen and oxygen atoms in total. The first-order valence-corrected chi connectivity index (χ1v) is 10.8. The Hall–Kier alpha value is -2.80. The lowest BCUT2D eigenvalue weighted by Gasteiger charge is -2.17. The van der Waals surface area contributed by atoms with Crippen molar-refractivity contribution in [2.45, 2.75) is 31.8 Å². The van der Waals surface area contributed by atoms with Gasteiger partial charge in [0.05, 0.1) is 23.3 Å². The fourth-order valence-corrected chi connectivity index (χ4v) is 4.26. The third-order valence-electron chi connectivity index (χ3n) is 5.05. The number of carbonyl (C=O) groups excluding carboxylic acids is 1. The van der Waals surface area contributed by atoms with Crippen LogP contribution >= 0.6 is 11.8 Å². The lowest BCUT2D eigenvalue weighted by atomic mass is 10.1. The van der Waals surface area contributed by atoms with E-state index in [2.05, 4.69) is 52.2 Å². The van der Waals surface area contributed by atoms with E-state index in [1.54, 1.807) is 6.20 Å². The fraction of sp³-hybridized carbons (Fsp3) is 0.318. The van der Waals surface area contributed by atoms with Crippen LogP contribution in [0, 0.1) is 13.8 Å². The molecule has 150 valence electrons. The number of imidazole rings is 1. The van der Waals surface area contributed by atoms with E-state index in [0.29, 0.717) is 5.82 Å². The summed E-state index contributed by atoms with van der Waals surface area (Å²) < 4.78 is 2.03. The quantitative estimate of drug-likeness (QED) is 0.620. The summed E-state index contributed by atoms with van der Waals surface area (Å²) in [6.45, 7) is 6.31. The zero-order valence-electron chi connectivity index (χ0n) is 16.8. The summed E-state index contributed by atoms with van der Waals surface area (Å²) in [5.74, 6) is 0.764. The molecule has 1 aliphatic heterocycles. The number of rotatable bonds is 6. The second-order valence-electron chi connectivity index (χ2n) is 7.30. The standard InChI is InChI=1S/C22H25N5OS/c1-16-5-6-17(2)19(13-16)27-12-9-23-22(27)29-15-21(28)25-20-8-7-18(14-24-20)26-10-3-4-11-26/h5-9,12-14H,3-4,10-11,15H2,1-2H3,(H,24,25,28). The average molecular weight is 408 g/mol. The lowest BCUT2D eigenvalue weighted by Crippen LogP contribution is -2.18. The SMILES string of the molecule is Cc1ccc(C)c(-n2ccnc2SCC(=O)Nc2ccc(N3CCCC3)cn2)c1. The van der Waals surface area contributed by atoms with Crippen LogP contribution in [0.3, 0.4) is 0 Å². The molecule has 1 amide bonds. The van der Waals surface area contributed by atoms with Gasteiger partial charge in [0, 0.05) is 25.5 Å². The molecule has 0 atom stereocenters. The van der Waals surface area contributed by atoms with E-state index in [1.807, 2.05) is 29.1 Å². The Balaban J connectivity index is 1.37. The zero-order chi connectivity index (χ0) is 20.2. The van der Waals surface area contributed by atoms with Gasteiger partial charge in [-0.1, -0.05) is 23.9 Å². The Morgan fingerprint density at radius 2 is 1.97 bits per heavy atom. The number of nitrogens with zero attached hydrogens (tertiary/aromatic N) is 4. The minimum absolute atomic E-state index is 0.0908. The first kappa shape index (κ1) is 19.5. The number of anilines is 2. The van der Waals surface area contributed by atoms with E-state index in [9.17, 15) is 4.79 Å². The van der Waals surface area contributed by atoms with E-state index < -0.39 is 0 Å². The zero-order valence-corrected chi connectivity index (χ0v) is 17.6. The molecule has 1 aliphatic rings. The van der Waals surface area contributed by atoms with Gasteiger partial charge in [0.1, 0.15) is 5.82 Å². The second-order valence-corrected chi connectivity index (χ2v) is 8.24. The Bertz CT molecular complexity index is 993. The number of pyridine rings is 1. The summed E-state index contributed by atoms with van der Waals surface area (Å²) in [6.07, 6.45) is 7.99. The molecule has 1 saturated heterocycles. The van der Waals surface area contributed by atoms with E-state index in [4.69, 9.17) is 0 Å². The van der Waals surface area contributed by atoms with Gasteiger partial charge in [-0.05, 0) is 56.0 Å². The first-order chi connectivity index (χ1) is 14.1. The van der Waals surface area contributed by atoms with Crippen molar-refractivity contribution in [1.82, 2.24) is 14.5 Å². The number of hydrogen-bond donors (Lipinski definition) is 1. The van der Waals surface area contributed by atoms with Crippen LogP contribution in [-0.4, -0.2) is 39.3 Å². The highest BCUT2D eigenvalue weighted by atomic mass is 32.2. The summed E-state index contributed by atoms with van der Waals surface area (Å²) in [6, 6.07) is 10.2. The Morgan fingerprint density at radius 1 is 1.14 bits per heavy atom. The number of aryl methyl sites for hydroxylation is 2. The van der Waals surface area contributed by atoms with E-state index in [0.717, 1.165) is 29.6 Å². The molecule has 4 rings (SSSR count). The van der Waals surface area contributed by atoms with Crippen molar-refractivity contribution >= 4 is 29.2 Å². The molecule has 7 heteroatoms. The third-order valence-corrected chi connectivity index (χ3v) is 6.02. The number of nitrogens with one attached hydrogen (secondary N) is 1. The highest BCUT2D eigenvalue weighted by molar-refractivity contribution is 7.99. The summed E-state index contributed by atoms with van der Waals surface area (Å²) in [5, 5.41) is 3.67. The highest BCUT2D eigenvalue weighted by Crippen LogP contribution is 2.24. The van der Waals surface area contributed by atoms with Gasteiger partial charge < -0.3 is 10.2 Å². The maximum atomic E-state index is 12.4. The van der Waals surface area contributed by atoms with Crippen LogP contribution in [-0.2, 0) is 4.79 Å². The van der Waals surface area contributed by atoms with Crippen molar-refractivity contribution in [2.24, 2.45) is 0 Å². The van der Waals surface area contributed by atoms with E-state index >= 15 is 0 Å². The Kier molecular flexibility index (Phi) is 5.85. The van der Waals surface area contributed by atoms with Crippen LogP contribution in [0.1, 0.15) is 24.0 Å². The number of carbonyl (C=O) groups is 1. The van der Waals surface area contributed by atoms with Gasteiger partial charge in [0.2, 0.25) is 5.91 Å². The Labute approximate surface area is 175 Å². The van der Waals surface area contributed by atoms with Gasteiger partial charge in [0.25, 0.3) is 0 Å². The maximum Gasteiger partial charge on any atom is 0.236 e. The average Bonchev–Trinajstić information content (AvgIpc) is 3.41. The van der Waals surface area contributed by atoms with Gasteiger partial charge in [-0.3, -0.25) is 9.36 Å². The van der Waals surface area contributed by atoms with Crippen LogP contribution in [0.4, 0.5) is 11.5 Å². The molecular weight excluding hydrogens is 382 g/mol. The van der Waals surface area contributed by atoms with E-state index in [-0.39, 0.29) is 11.7 Å². The summed E-state index contributed by atoms with van der Waals surface area (Å²) >= 11 is 1.42. The molecule has 29 heavy (non-hydrogen) atoms. The van der Waals surface area contributed by atoms with Gasteiger partial charge in [0.15, 0.2) is 5.16 Å². The van der Waals surface area contributed by atoms with Crippen LogP contribution < -0.4 is 10.2 Å². The van der Waals surface area contributed by atoms with Gasteiger partial charge >= 0.3 is 0 Å². The highest BCUT2D eigenvalue weighted by Gasteiger charge is 2.14. The summed E-state index contributed by atoms with van der Waals surface area (Å²) in [7, 11) is 0. The fourth-order valence-electron chi connectivity index (χ4n) is 3.49. The minimum Gasteiger partial charge on any atom is -0.370 e. The molecule has 0 spiro atoms. The molecule has 3 heterocycles. The second kappa shape index (κ2) is 8.69. The molecule has 0 radical (unpaired) electrons. The van der Waals surface area contributed by atoms with Gasteiger partial charge in [-0.25, -0.2) is 9.97 Å². The van der Waals surface area contributed by atoms with E-state index in [1.165, 1.54) is 35.7 Å². The molecule has 2 aromatic heterocycles. The van der Waals surface area contributed by atoms with Gasteiger partial charge in [-0.15, -0.1) is 0 Å². The topological polar surface area (TPSA) is 63.1 Å². The molecule has 1 fully saturated rings. The molecular formula is C22H25N5OS. The first-order valence-electron chi connectivity index (χ1n) is 9.85. The lowest BCUT2D eigenvalue weighted by molar-refractivity contribution is -0.113. The van der Waals surface area contributed by atoms with Crippen LogP contribution in [0.5, 0.6) is 0 Å². The van der Waals surface area contributed by atoms with Crippen molar-refractivity contribution in [1.29, 1.82) is 0 Å². The molecule has 1 N–H and O–H groups in total. The van der Waals surface area contributed by atoms with Crippen molar-refractivity contribution in [3.63, 3.8) is 0 Å². The van der Waals surface area contributed by atoms with Crippen LogP contribution in [0.2, 0.25) is 0 Å². The number of aromatic nitrogens is 3. The number of benzene rings is 1. The monoisotopic (exact) mass is 407 g/mol. The van der Waals surface area contributed by atoms with Crippen molar-refractivity contribution in [3.8, 4) is 5.69 Å². The molecule has 3 aromatic rings. The predicted octanol–water partition coefficient (Wildman–Crippen LogP) is 4.22. The molecule has 0 aliphatic carbocycles. The number of amides is 1. The predicted molar refractivity (Wildman–Crippen MR) is 118 cm³/mol. The van der Waals surface area contributed by atoms with Crippen molar-refractivity contribution in [3.05, 3.63) is 60.0 Å². The van der Waals surface area contributed by atoms with Gasteiger partial charge in [-0.2, -0.15) is 0 Å². The molecule has 0 bridgehead atoms. The minimum atomic E-state index is -0.0908. The van der Waals surface area contributed by atoms with Crippen LogP contribution in [0.25, 0.3) is 5.69 Å². The summed E-state index contributed by atoms with van der Waals surface area (Å²) in [4.78, 5) is 23.5. The Morgan fingerprint density at radius 3 is 2.72 bits per heavy atom. The normalized spacial score (nSPS) is 13.7. The largest absolute Gasteiger partial charge is 0.370 e. The number of hydrogen-bond acceptors (Lipinski definition) is 5.